The van der Waals surface area contributed by atoms with Gasteiger partial charge in [0.1, 0.15) is 17.4 Å². The zero-order valence-electron chi connectivity index (χ0n) is 16.4. The van der Waals surface area contributed by atoms with Crippen LogP contribution in [0.5, 0.6) is 0 Å². The molecule has 1 saturated heterocycles. The van der Waals surface area contributed by atoms with Crippen molar-refractivity contribution in [3.8, 4) is 6.07 Å². The van der Waals surface area contributed by atoms with Crippen molar-refractivity contribution in [2.45, 2.75) is 38.6 Å². The highest BCUT2D eigenvalue weighted by Crippen LogP contribution is 2.21. The fourth-order valence-electron chi connectivity index (χ4n) is 2.53. The van der Waals surface area contributed by atoms with E-state index in [0.717, 1.165) is 0 Å². The monoisotopic (exact) mass is 404 g/mol. The number of nitrogens with zero attached hydrogens (tertiary/aromatic N) is 4. The number of esters is 1. The van der Waals surface area contributed by atoms with Gasteiger partial charge in [-0.15, -0.1) is 5.10 Å². The van der Waals surface area contributed by atoms with Gasteiger partial charge in [0.15, 0.2) is 18.0 Å². The number of ether oxygens (including phenoxy) is 2. The van der Waals surface area contributed by atoms with Crippen LogP contribution in [0, 0.1) is 11.3 Å². The number of anilines is 1. The van der Waals surface area contributed by atoms with Crippen LogP contribution in [0.15, 0.2) is 30.2 Å². The maximum Gasteiger partial charge on any atom is 0.338 e. The fraction of sp³-hybridized carbons (Fsp3) is 0.444. The third-order valence-corrected chi connectivity index (χ3v) is 3.78. The molecule has 156 valence electrons. The SMILES string of the molecule is CC(C)(C)OC(=O)C(O)C1OCCN(c2ccn(C(/C=C(\N)C#N)=C/N)n2)C1=O. The largest absolute Gasteiger partial charge is 0.458 e. The van der Waals surface area contributed by atoms with Crippen molar-refractivity contribution in [2.24, 2.45) is 11.5 Å². The molecule has 0 radical (unpaired) electrons. The van der Waals surface area contributed by atoms with Crippen LogP contribution in [-0.2, 0) is 19.1 Å². The zero-order valence-corrected chi connectivity index (χ0v) is 16.4. The summed E-state index contributed by atoms with van der Waals surface area (Å²) in [4.78, 5) is 26.2. The zero-order chi connectivity index (χ0) is 21.8. The minimum atomic E-state index is -1.77. The lowest BCUT2D eigenvalue weighted by molar-refractivity contribution is -0.177. The van der Waals surface area contributed by atoms with Gasteiger partial charge in [0.25, 0.3) is 5.91 Å². The summed E-state index contributed by atoms with van der Waals surface area (Å²) in [5, 5.41) is 23.3. The summed E-state index contributed by atoms with van der Waals surface area (Å²) in [5.74, 6) is -1.33. The van der Waals surface area contributed by atoms with Crippen LogP contribution in [-0.4, -0.2) is 57.7 Å². The number of hydrogen-bond donors (Lipinski definition) is 3. The Bertz CT molecular complexity index is 876. The van der Waals surface area contributed by atoms with E-state index in [1.54, 1.807) is 32.9 Å². The summed E-state index contributed by atoms with van der Waals surface area (Å²) in [7, 11) is 0. The van der Waals surface area contributed by atoms with Crippen LogP contribution in [0.25, 0.3) is 5.70 Å². The molecule has 0 spiro atoms. The summed E-state index contributed by atoms with van der Waals surface area (Å²) in [6, 6.07) is 3.31. The van der Waals surface area contributed by atoms with Gasteiger partial charge in [0.2, 0.25) is 0 Å². The number of aliphatic hydroxyl groups is 1. The summed E-state index contributed by atoms with van der Waals surface area (Å²) < 4.78 is 11.8. The molecule has 1 amide bonds. The lowest BCUT2D eigenvalue weighted by Gasteiger charge is -2.33. The van der Waals surface area contributed by atoms with E-state index in [2.05, 4.69) is 5.10 Å². The van der Waals surface area contributed by atoms with Crippen molar-refractivity contribution >= 4 is 23.4 Å². The van der Waals surface area contributed by atoms with Crippen LogP contribution in [0.1, 0.15) is 20.8 Å². The average molecular weight is 404 g/mol. The van der Waals surface area contributed by atoms with Gasteiger partial charge in [-0.05, 0) is 26.8 Å². The molecule has 2 atom stereocenters. The predicted molar refractivity (Wildman–Crippen MR) is 103 cm³/mol. The van der Waals surface area contributed by atoms with Crippen molar-refractivity contribution in [3.05, 3.63) is 30.2 Å². The van der Waals surface area contributed by atoms with Crippen LogP contribution in [0.2, 0.25) is 0 Å². The quantitative estimate of drug-likeness (QED) is 0.331. The molecule has 0 aromatic carbocycles. The highest BCUT2D eigenvalue weighted by atomic mass is 16.6. The topological polar surface area (TPSA) is 170 Å². The van der Waals surface area contributed by atoms with Gasteiger partial charge in [-0.2, -0.15) is 5.26 Å². The highest BCUT2D eigenvalue weighted by molar-refractivity contribution is 5.99. The Hall–Kier alpha value is -3.36. The standard InChI is InChI=1S/C18H24N6O5/c1-18(2,3)29-17(27)14(25)15-16(26)23(6-7-28-15)13-4-5-24(22-13)12(10-20)8-11(21)9-19/h4-5,8,10,14-15,25H,6-7,20-21H2,1-3H3/b11-8-,12-10+. The molecule has 2 rings (SSSR count). The normalized spacial score (nSPS) is 19.6. The van der Waals surface area contributed by atoms with Crippen molar-refractivity contribution in [3.63, 3.8) is 0 Å². The maximum absolute atomic E-state index is 12.8. The first-order chi connectivity index (χ1) is 13.6. The van der Waals surface area contributed by atoms with Crippen LogP contribution < -0.4 is 16.4 Å². The maximum atomic E-state index is 12.8. The number of amides is 1. The molecular weight excluding hydrogens is 380 g/mol. The van der Waals surface area contributed by atoms with Gasteiger partial charge >= 0.3 is 5.97 Å². The number of morpholine rings is 1. The summed E-state index contributed by atoms with van der Waals surface area (Å²) in [6.07, 6.45) is 0.869. The number of hydrogen-bond acceptors (Lipinski definition) is 9. The molecule has 0 bridgehead atoms. The molecule has 2 unspecified atom stereocenters. The first-order valence-corrected chi connectivity index (χ1v) is 8.76. The Morgan fingerprint density at radius 1 is 1.55 bits per heavy atom. The molecule has 11 heteroatoms. The first-order valence-electron chi connectivity index (χ1n) is 8.76. The molecule has 1 aromatic heterocycles. The molecule has 1 aliphatic rings. The van der Waals surface area contributed by atoms with Gasteiger partial charge in [-0.3, -0.25) is 9.69 Å². The molecular formula is C18H24N6O5. The molecule has 11 nitrogen and oxygen atoms in total. The number of nitrogens with two attached hydrogens (primary N) is 2. The van der Waals surface area contributed by atoms with Gasteiger partial charge in [-0.1, -0.05) is 0 Å². The van der Waals surface area contributed by atoms with E-state index in [-0.39, 0.29) is 24.7 Å². The van der Waals surface area contributed by atoms with E-state index in [1.165, 1.54) is 28.1 Å². The first kappa shape index (κ1) is 21.9. The van der Waals surface area contributed by atoms with E-state index in [4.69, 9.17) is 26.2 Å². The molecule has 1 aromatic rings. The van der Waals surface area contributed by atoms with Crippen LogP contribution in [0.4, 0.5) is 5.82 Å². The van der Waals surface area contributed by atoms with Crippen LogP contribution >= 0.6 is 0 Å². The summed E-state index contributed by atoms with van der Waals surface area (Å²) >= 11 is 0. The van der Waals surface area contributed by atoms with Gasteiger partial charge < -0.3 is 26.0 Å². The summed E-state index contributed by atoms with van der Waals surface area (Å²) in [5.41, 5.74) is 10.5. The predicted octanol–water partition coefficient (Wildman–Crippen LogP) is -0.559. The number of carbonyl (C=O) groups is 2. The van der Waals surface area contributed by atoms with E-state index < -0.39 is 29.7 Å². The van der Waals surface area contributed by atoms with E-state index in [9.17, 15) is 14.7 Å². The van der Waals surface area contributed by atoms with Crippen molar-refractivity contribution in [1.29, 1.82) is 5.26 Å². The highest BCUT2D eigenvalue weighted by Gasteiger charge is 2.41. The van der Waals surface area contributed by atoms with Crippen molar-refractivity contribution in [1.82, 2.24) is 9.78 Å². The molecule has 2 heterocycles. The van der Waals surface area contributed by atoms with Crippen LogP contribution in [0.3, 0.4) is 0 Å². The van der Waals surface area contributed by atoms with E-state index in [1.807, 2.05) is 0 Å². The third-order valence-electron chi connectivity index (χ3n) is 3.78. The molecule has 29 heavy (non-hydrogen) atoms. The second-order valence-electron chi connectivity index (χ2n) is 7.18. The smallest absolute Gasteiger partial charge is 0.338 e. The van der Waals surface area contributed by atoms with Gasteiger partial charge in [0, 0.05) is 18.5 Å². The Kier molecular flexibility index (Phi) is 6.63. The minimum Gasteiger partial charge on any atom is -0.458 e. The number of nitriles is 1. The Balaban J connectivity index is 2.20. The molecule has 5 N–H and O–H groups in total. The molecule has 1 fully saturated rings. The molecule has 1 aliphatic heterocycles. The molecule has 0 saturated carbocycles. The second kappa shape index (κ2) is 8.76. The summed E-state index contributed by atoms with van der Waals surface area (Å²) in [6.45, 7) is 5.21. The van der Waals surface area contributed by atoms with Gasteiger partial charge in [0.05, 0.1) is 18.8 Å². The minimum absolute atomic E-state index is 0.0678. The van der Waals surface area contributed by atoms with Crippen molar-refractivity contribution in [2.75, 3.05) is 18.1 Å². The Morgan fingerprint density at radius 2 is 2.24 bits per heavy atom. The Morgan fingerprint density at radius 3 is 2.83 bits per heavy atom. The fourth-order valence-corrected chi connectivity index (χ4v) is 2.53. The number of aromatic nitrogens is 2. The molecule has 0 aliphatic carbocycles. The lowest BCUT2D eigenvalue weighted by Crippen LogP contribution is -2.55. The average Bonchev–Trinajstić information content (AvgIpc) is 3.13. The lowest BCUT2D eigenvalue weighted by atomic mass is 10.1. The third kappa shape index (κ3) is 5.34. The van der Waals surface area contributed by atoms with E-state index >= 15 is 0 Å². The van der Waals surface area contributed by atoms with Gasteiger partial charge in [-0.25, -0.2) is 9.48 Å². The number of carbonyl (C=O) groups excluding carboxylic acids is 2. The number of rotatable bonds is 5. The number of aliphatic hydroxyl groups excluding tert-OH is 1. The van der Waals surface area contributed by atoms with E-state index in [0.29, 0.717) is 5.70 Å². The second-order valence-corrected chi connectivity index (χ2v) is 7.18. The van der Waals surface area contributed by atoms with Crippen molar-refractivity contribution < 1.29 is 24.2 Å². The number of allylic oxidation sites excluding steroid dienone is 3. The Labute approximate surface area is 167 Å².